The van der Waals surface area contributed by atoms with Crippen molar-refractivity contribution in [3.8, 4) is 0 Å². The molecular weight excluding hydrogens is 196 g/mol. The van der Waals surface area contributed by atoms with E-state index >= 15 is 0 Å². The molecule has 1 aliphatic carbocycles. The van der Waals surface area contributed by atoms with Crippen LogP contribution in [0.25, 0.3) is 0 Å². The number of hydrogen-bond donors (Lipinski definition) is 2. The second kappa shape index (κ2) is 3.51. The van der Waals surface area contributed by atoms with E-state index in [2.05, 4.69) is 11.9 Å². The Morgan fingerprint density at radius 3 is 2.86 bits per heavy atom. The van der Waals surface area contributed by atoms with Crippen molar-refractivity contribution in [3.63, 3.8) is 0 Å². The van der Waals surface area contributed by atoms with E-state index in [1.807, 2.05) is 4.57 Å². The van der Waals surface area contributed by atoms with E-state index in [4.69, 9.17) is 17.3 Å². The maximum atomic E-state index is 9.13. The molecule has 0 saturated heterocycles. The number of hydrogen-bond acceptors (Lipinski definition) is 2. The lowest BCUT2D eigenvalue weighted by atomic mass is 10.0. The first-order valence-corrected chi connectivity index (χ1v) is 5.49. The highest BCUT2D eigenvalue weighted by molar-refractivity contribution is 7.71. The molecule has 1 saturated carbocycles. The number of imidazole rings is 1. The molecule has 0 atom stereocenters. The van der Waals surface area contributed by atoms with E-state index < -0.39 is 0 Å². The number of aliphatic hydroxyl groups excluding tert-OH is 1. The third-order valence-electron chi connectivity index (χ3n) is 3.32. The average molecular weight is 212 g/mol. The molecule has 0 aromatic carbocycles. The summed E-state index contributed by atoms with van der Waals surface area (Å²) in [7, 11) is 0. The number of nitrogens with one attached hydrogen (secondary N) is 1. The van der Waals surface area contributed by atoms with Gasteiger partial charge >= 0.3 is 0 Å². The van der Waals surface area contributed by atoms with Gasteiger partial charge in [-0.15, -0.1) is 0 Å². The van der Waals surface area contributed by atoms with E-state index in [1.54, 1.807) is 6.20 Å². The fraction of sp³-hybridized carbons (Fsp3) is 0.700. The molecule has 1 aromatic rings. The first-order valence-electron chi connectivity index (χ1n) is 5.09. The van der Waals surface area contributed by atoms with Crippen LogP contribution in [-0.4, -0.2) is 14.7 Å². The van der Waals surface area contributed by atoms with Crippen molar-refractivity contribution in [2.24, 2.45) is 5.41 Å². The molecule has 0 aliphatic heterocycles. The number of aromatic amines is 1. The van der Waals surface area contributed by atoms with Gasteiger partial charge in [-0.25, -0.2) is 0 Å². The van der Waals surface area contributed by atoms with Gasteiger partial charge in [-0.1, -0.05) is 6.92 Å². The Morgan fingerprint density at radius 1 is 1.64 bits per heavy atom. The van der Waals surface area contributed by atoms with Crippen LogP contribution in [-0.2, 0) is 13.2 Å². The predicted octanol–water partition coefficient (Wildman–Crippen LogP) is 2.23. The summed E-state index contributed by atoms with van der Waals surface area (Å²) < 4.78 is 2.76. The molecule has 4 heteroatoms. The van der Waals surface area contributed by atoms with Gasteiger partial charge < -0.3 is 14.7 Å². The van der Waals surface area contributed by atoms with Gasteiger partial charge in [0.05, 0.1) is 12.3 Å². The summed E-state index contributed by atoms with van der Waals surface area (Å²) in [4.78, 5) is 2.98. The van der Waals surface area contributed by atoms with Crippen LogP contribution in [0.2, 0.25) is 0 Å². The zero-order valence-electron chi connectivity index (χ0n) is 8.42. The molecular formula is C10H16N2OS. The number of aromatic nitrogens is 2. The van der Waals surface area contributed by atoms with Gasteiger partial charge in [-0.2, -0.15) is 0 Å². The summed E-state index contributed by atoms with van der Waals surface area (Å²) in [6, 6.07) is 0. The molecule has 0 radical (unpaired) electrons. The number of nitrogens with zero attached hydrogens (tertiary/aromatic N) is 1. The Labute approximate surface area is 88.8 Å². The third-order valence-corrected chi connectivity index (χ3v) is 3.65. The summed E-state index contributed by atoms with van der Waals surface area (Å²) in [6.45, 7) is 3.25. The molecule has 14 heavy (non-hydrogen) atoms. The van der Waals surface area contributed by atoms with Gasteiger partial charge in [0.15, 0.2) is 4.77 Å². The van der Waals surface area contributed by atoms with E-state index in [-0.39, 0.29) is 6.61 Å². The van der Waals surface area contributed by atoms with Crippen LogP contribution in [0.4, 0.5) is 0 Å². The van der Waals surface area contributed by atoms with Crippen molar-refractivity contribution in [2.75, 3.05) is 0 Å². The molecule has 1 fully saturated rings. The van der Waals surface area contributed by atoms with Gasteiger partial charge in [0.2, 0.25) is 0 Å². The van der Waals surface area contributed by atoms with Crippen molar-refractivity contribution in [2.45, 2.75) is 39.3 Å². The lowest BCUT2D eigenvalue weighted by molar-refractivity contribution is 0.264. The minimum atomic E-state index is 0.0624. The molecule has 2 N–H and O–H groups in total. The highest BCUT2D eigenvalue weighted by Crippen LogP contribution is 2.50. The van der Waals surface area contributed by atoms with Gasteiger partial charge in [0.1, 0.15) is 0 Å². The van der Waals surface area contributed by atoms with Gasteiger partial charge in [-0.05, 0) is 36.9 Å². The molecule has 1 aliphatic rings. The summed E-state index contributed by atoms with van der Waals surface area (Å²) in [6.07, 6.45) is 5.58. The number of rotatable bonds is 4. The molecule has 3 nitrogen and oxygen atoms in total. The Bertz CT molecular complexity index is 376. The molecule has 1 heterocycles. The van der Waals surface area contributed by atoms with E-state index in [0.717, 1.165) is 17.0 Å². The zero-order chi connectivity index (χ0) is 10.2. The van der Waals surface area contributed by atoms with E-state index in [1.165, 1.54) is 19.3 Å². The molecule has 0 amide bonds. The minimum Gasteiger partial charge on any atom is -0.390 e. The van der Waals surface area contributed by atoms with Crippen LogP contribution in [0.1, 0.15) is 31.9 Å². The topological polar surface area (TPSA) is 41.0 Å². The number of H-pyrrole nitrogens is 1. The lowest BCUT2D eigenvalue weighted by Gasteiger charge is -2.14. The molecule has 1 aromatic heterocycles. The van der Waals surface area contributed by atoms with E-state index in [0.29, 0.717) is 5.41 Å². The van der Waals surface area contributed by atoms with Crippen LogP contribution >= 0.6 is 12.2 Å². The van der Waals surface area contributed by atoms with Crippen molar-refractivity contribution in [1.82, 2.24) is 9.55 Å². The van der Waals surface area contributed by atoms with Crippen LogP contribution in [0.15, 0.2) is 6.20 Å². The van der Waals surface area contributed by atoms with Crippen molar-refractivity contribution in [1.29, 1.82) is 0 Å². The quantitative estimate of drug-likeness (QED) is 0.751. The SMILES string of the molecule is CCC1(Cn2c(CO)c[nH]c2=S)CC1. The van der Waals surface area contributed by atoms with Crippen LogP contribution < -0.4 is 0 Å². The largest absolute Gasteiger partial charge is 0.390 e. The maximum Gasteiger partial charge on any atom is 0.177 e. The first-order chi connectivity index (χ1) is 6.71. The first kappa shape index (κ1) is 9.93. The second-order valence-corrected chi connectivity index (χ2v) is 4.57. The number of aliphatic hydroxyl groups is 1. The molecule has 0 unspecified atom stereocenters. The molecule has 78 valence electrons. The van der Waals surface area contributed by atoms with Gasteiger partial charge in [-0.3, -0.25) is 0 Å². The standard InChI is InChI=1S/C10H16N2OS/c1-2-10(3-4-10)7-12-8(6-13)5-11-9(12)14/h5,13H,2-4,6-7H2,1H3,(H,11,14). The molecule has 0 bridgehead atoms. The van der Waals surface area contributed by atoms with Crippen molar-refractivity contribution >= 4 is 12.2 Å². The maximum absolute atomic E-state index is 9.13. The fourth-order valence-corrected chi connectivity index (χ4v) is 2.11. The van der Waals surface area contributed by atoms with Gasteiger partial charge in [0, 0.05) is 12.7 Å². The Kier molecular flexibility index (Phi) is 2.49. The Morgan fingerprint density at radius 2 is 2.36 bits per heavy atom. The normalized spacial score (nSPS) is 18.4. The van der Waals surface area contributed by atoms with Crippen LogP contribution in [0.3, 0.4) is 0 Å². The fourth-order valence-electron chi connectivity index (χ4n) is 1.87. The Hall–Kier alpha value is -0.610. The highest BCUT2D eigenvalue weighted by Gasteiger charge is 2.41. The summed E-state index contributed by atoms with van der Waals surface area (Å²) in [5.74, 6) is 0. The molecule has 2 rings (SSSR count). The third kappa shape index (κ3) is 1.64. The molecule has 0 spiro atoms. The van der Waals surface area contributed by atoms with Gasteiger partial charge in [0.25, 0.3) is 0 Å². The Balaban J connectivity index is 2.23. The van der Waals surface area contributed by atoms with Crippen LogP contribution in [0.5, 0.6) is 0 Å². The second-order valence-electron chi connectivity index (χ2n) is 4.18. The lowest BCUT2D eigenvalue weighted by Crippen LogP contribution is -2.13. The zero-order valence-corrected chi connectivity index (χ0v) is 9.23. The minimum absolute atomic E-state index is 0.0624. The van der Waals surface area contributed by atoms with Crippen molar-refractivity contribution < 1.29 is 5.11 Å². The summed E-state index contributed by atoms with van der Waals surface area (Å²) in [5.41, 5.74) is 1.36. The van der Waals surface area contributed by atoms with E-state index in [9.17, 15) is 0 Å². The van der Waals surface area contributed by atoms with Crippen molar-refractivity contribution in [3.05, 3.63) is 16.7 Å². The average Bonchev–Trinajstić information content (AvgIpc) is 2.89. The monoisotopic (exact) mass is 212 g/mol. The van der Waals surface area contributed by atoms with Crippen LogP contribution in [0, 0.1) is 10.2 Å². The summed E-state index contributed by atoms with van der Waals surface area (Å²) in [5, 5.41) is 9.13. The predicted molar refractivity (Wildman–Crippen MR) is 57.5 cm³/mol. The summed E-state index contributed by atoms with van der Waals surface area (Å²) >= 11 is 5.18. The smallest absolute Gasteiger partial charge is 0.177 e. The highest BCUT2D eigenvalue weighted by atomic mass is 32.1.